The highest BCUT2D eigenvalue weighted by Crippen LogP contribution is 2.44. The normalized spacial score (nSPS) is 13.5. The van der Waals surface area contributed by atoms with Crippen LogP contribution in [0.3, 0.4) is 0 Å². The number of hydrogen-bond donors (Lipinski definition) is 0. The molecule has 0 unspecified atom stereocenters. The number of benzene rings is 4. The first-order valence-electron chi connectivity index (χ1n) is 20.6. The summed E-state index contributed by atoms with van der Waals surface area (Å²) in [6.45, 7) is 4.50. The van der Waals surface area contributed by atoms with Crippen LogP contribution in [-0.2, 0) is 44.2 Å². The molecule has 65 heavy (non-hydrogen) atoms. The van der Waals surface area contributed by atoms with Gasteiger partial charge in [0.05, 0.1) is 38.3 Å². The smallest absolute Gasteiger partial charge is 0.410 e. The van der Waals surface area contributed by atoms with Crippen molar-refractivity contribution in [3.63, 3.8) is 0 Å². The number of likely N-dealkylation sites (tertiary alicyclic amines) is 1. The minimum Gasteiger partial charge on any atom is -0.497 e. The minimum absolute atomic E-state index is 0.0964. The van der Waals surface area contributed by atoms with Crippen molar-refractivity contribution < 1.29 is 40.6 Å². The first-order chi connectivity index (χ1) is 31.1. The number of aromatic nitrogens is 6. The average molecular weight is 921 g/mol. The van der Waals surface area contributed by atoms with Crippen LogP contribution < -0.4 is 14.2 Å². The van der Waals surface area contributed by atoms with Gasteiger partial charge in [-0.2, -0.15) is 9.10 Å². The number of rotatable bonds is 15. The monoisotopic (exact) mass is 920 g/mol. The van der Waals surface area contributed by atoms with Gasteiger partial charge in [0, 0.05) is 50.3 Å². The molecule has 338 valence electrons. The second-order valence-electron chi connectivity index (χ2n) is 16.4. The van der Waals surface area contributed by atoms with E-state index in [4.69, 9.17) is 24.0 Å². The zero-order valence-corrected chi connectivity index (χ0v) is 38.3. The maximum atomic E-state index is 16.1. The Hall–Kier alpha value is -6.83. The molecule has 0 N–H and O–H groups in total. The lowest BCUT2D eigenvalue weighted by atomic mass is 10.00. The summed E-state index contributed by atoms with van der Waals surface area (Å²) in [5.74, 6) is 1.65. The summed E-state index contributed by atoms with van der Waals surface area (Å²) in [6.07, 6.45) is 4.47. The van der Waals surface area contributed by atoms with Gasteiger partial charge in [-0.05, 0) is 103 Å². The van der Waals surface area contributed by atoms with Gasteiger partial charge in [0.1, 0.15) is 38.6 Å². The Bertz CT molecular complexity index is 3000. The number of carbonyl (C=O) groups excluding carboxylic acids is 1. The standard InChI is InChI=1S/C46H48N8O9S2/c1-46(2,3)63-45(55)52-29-37(30-52)64(56,57)40-22-21-38(39-8-7-24-51-25-23-47-44(39)51)41(43-48-50-54(49-43)28-33-13-19-36(62-6)20-14-33)42(40)65(58,59)53(26-31-9-15-34(60-4)16-10-31)27-32-11-17-35(61-5)18-12-32/h7-25,37H,26-30H2,1-6H3. The molecular weight excluding hydrogens is 873 g/mol. The second kappa shape index (κ2) is 18.0. The molecule has 8 rings (SSSR count). The summed E-state index contributed by atoms with van der Waals surface area (Å²) < 4.78 is 87.0. The van der Waals surface area contributed by atoms with E-state index in [-0.39, 0.29) is 44.1 Å². The SMILES string of the molecule is COc1ccc(CN(Cc2ccc(OC)cc2)S(=O)(=O)c2c(S(=O)(=O)C3CN(C(=O)OC(C)(C)C)C3)ccc(-c3cccn4ccnc34)c2-c2nnn(Cc3ccc(OC)cc3)n2)cc1. The molecule has 3 aromatic heterocycles. The van der Waals surface area contributed by atoms with Crippen LogP contribution in [0, 0.1) is 0 Å². The van der Waals surface area contributed by atoms with E-state index in [1.54, 1.807) is 130 Å². The maximum absolute atomic E-state index is 16.1. The van der Waals surface area contributed by atoms with Gasteiger partial charge in [0.25, 0.3) is 0 Å². The molecule has 0 saturated carbocycles. The molecule has 0 bridgehead atoms. The van der Waals surface area contributed by atoms with Crippen LogP contribution in [0.5, 0.6) is 17.2 Å². The molecule has 17 nitrogen and oxygen atoms in total. The third-order valence-electron chi connectivity index (χ3n) is 10.9. The summed E-state index contributed by atoms with van der Waals surface area (Å²) >= 11 is 0. The summed E-state index contributed by atoms with van der Waals surface area (Å²) in [7, 11) is -4.79. The molecule has 0 spiro atoms. The summed E-state index contributed by atoms with van der Waals surface area (Å²) in [4.78, 5) is 19.2. The Balaban J connectivity index is 1.35. The quantitative estimate of drug-likeness (QED) is 0.108. The number of pyridine rings is 1. The third-order valence-corrected chi connectivity index (χ3v) is 15.0. The van der Waals surface area contributed by atoms with Crippen molar-refractivity contribution in [1.82, 2.24) is 38.8 Å². The Morgan fingerprint density at radius 3 is 1.86 bits per heavy atom. The van der Waals surface area contributed by atoms with Crippen molar-refractivity contribution in [1.29, 1.82) is 0 Å². The number of nitrogens with zero attached hydrogens (tertiary/aromatic N) is 8. The lowest BCUT2D eigenvalue weighted by Gasteiger charge is -2.39. The van der Waals surface area contributed by atoms with E-state index in [1.165, 1.54) is 34.3 Å². The van der Waals surface area contributed by atoms with Gasteiger partial charge in [0.2, 0.25) is 15.8 Å². The zero-order valence-electron chi connectivity index (χ0n) is 36.7. The first kappa shape index (κ1) is 44.8. The van der Waals surface area contributed by atoms with Crippen LogP contribution in [0.4, 0.5) is 4.79 Å². The first-order valence-corrected chi connectivity index (χ1v) is 23.5. The van der Waals surface area contributed by atoms with E-state index < -0.39 is 46.6 Å². The molecule has 0 radical (unpaired) electrons. The van der Waals surface area contributed by atoms with E-state index in [9.17, 15) is 4.79 Å². The van der Waals surface area contributed by atoms with Crippen molar-refractivity contribution in [2.24, 2.45) is 0 Å². The third kappa shape index (κ3) is 9.38. The number of carbonyl (C=O) groups is 1. The number of sulfonamides is 1. The number of hydrogen-bond acceptors (Lipinski definition) is 13. The summed E-state index contributed by atoms with van der Waals surface area (Å²) in [5.41, 5.74) is 2.33. The van der Waals surface area contributed by atoms with E-state index in [1.807, 2.05) is 12.1 Å². The second-order valence-corrected chi connectivity index (χ2v) is 20.5. The topological polar surface area (TPSA) is 190 Å². The van der Waals surface area contributed by atoms with Crippen molar-refractivity contribution >= 4 is 31.6 Å². The van der Waals surface area contributed by atoms with E-state index >= 15 is 16.8 Å². The molecule has 1 amide bonds. The van der Waals surface area contributed by atoms with Crippen LogP contribution in [-0.4, -0.2) is 107 Å². The van der Waals surface area contributed by atoms with Gasteiger partial charge in [-0.1, -0.05) is 42.5 Å². The van der Waals surface area contributed by atoms with Crippen LogP contribution in [0.2, 0.25) is 0 Å². The van der Waals surface area contributed by atoms with Crippen molar-refractivity contribution in [2.45, 2.75) is 61.0 Å². The van der Waals surface area contributed by atoms with Crippen LogP contribution in [0.1, 0.15) is 37.5 Å². The van der Waals surface area contributed by atoms with Crippen LogP contribution in [0.15, 0.2) is 125 Å². The lowest BCUT2D eigenvalue weighted by molar-refractivity contribution is 0.0139. The molecule has 4 heterocycles. The van der Waals surface area contributed by atoms with Gasteiger partial charge >= 0.3 is 6.09 Å². The van der Waals surface area contributed by atoms with Gasteiger partial charge in [0.15, 0.2) is 9.84 Å². The Morgan fingerprint density at radius 2 is 1.31 bits per heavy atom. The minimum atomic E-state index is -4.89. The number of methoxy groups -OCH3 is 3. The molecule has 0 aliphatic carbocycles. The molecule has 1 saturated heterocycles. The van der Waals surface area contributed by atoms with Crippen molar-refractivity contribution in [2.75, 3.05) is 34.4 Å². The molecule has 0 atom stereocenters. The molecule has 7 aromatic rings. The van der Waals surface area contributed by atoms with E-state index in [0.29, 0.717) is 45.1 Å². The lowest BCUT2D eigenvalue weighted by Crippen LogP contribution is -2.57. The predicted octanol–water partition coefficient (Wildman–Crippen LogP) is 6.51. The fourth-order valence-corrected chi connectivity index (χ4v) is 11.5. The Labute approximate surface area is 377 Å². The molecule has 4 aromatic carbocycles. The van der Waals surface area contributed by atoms with E-state index in [0.717, 1.165) is 5.56 Å². The number of imidazole rings is 1. The largest absolute Gasteiger partial charge is 0.497 e. The number of fused-ring (bicyclic) bond motifs is 1. The number of ether oxygens (including phenoxy) is 4. The maximum Gasteiger partial charge on any atom is 0.410 e. The van der Waals surface area contributed by atoms with Crippen molar-refractivity contribution in [3.05, 3.63) is 132 Å². The van der Waals surface area contributed by atoms with Crippen LogP contribution >= 0.6 is 0 Å². The van der Waals surface area contributed by atoms with Gasteiger partial charge < -0.3 is 28.2 Å². The molecule has 1 aliphatic rings. The summed E-state index contributed by atoms with van der Waals surface area (Å²) in [6, 6.07) is 27.5. The average Bonchev–Trinajstić information content (AvgIpc) is 3.95. The fourth-order valence-electron chi connectivity index (χ4n) is 7.47. The Kier molecular flexibility index (Phi) is 12.4. The molecule has 19 heteroatoms. The zero-order chi connectivity index (χ0) is 46.1. The van der Waals surface area contributed by atoms with Gasteiger partial charge in [-0.25, -0.2) is 26.6 Å². The van der Waals surface area contributed by atoms with Gasteiger partial charge in [-0.15, -0.1) is 10.2 Å². The Morgan fingerprint density at radius 1 is 0.738 bits per heavy atom. The number of tetrazole rings is 1. The number of sulfone groups is 1. The van der Waals surface area contributed by atoms with Gasteiger partial charge in [-0.3, -0.25) is 0 Å². The van der Waals surface area contributed by atoms with Crippen LogP contribution in [0.25, 0.3) is 28.2 Å². The highest BCUT2D eigenvalue weighted by molar-refractivity contribution is 7.94. The summed E-state index contributed by atoms with van der Waals surface area (Å²) in [5, 5.41) is 12.4. The molecule has 1 fully saturated rings. The highest BCUT2D eigenvalue weighted by Gasteiger charge is 2.46. The number of amides is 1. The molecular formula is C46H48N8O9S2. The molecule has 1 aliphatic heterocycles. The predicted molar refractivity (Wildman–Crippen MR) is 241 cm³/mol. The highest BCUT2D eigenvalue weighted by atomic mass is 32.2. The van der Waals surface area contributed by atoms with Crippen molar-refractivity contribution in [3.8, 4) is 39.8 Å². The fraction of sp³-hybridized carbons (Fsp3) is 0.283. The van der Waals surface area contributed by atoms with E-state index in [2.05, 4.69) is 15.3 Å².